The maximum absolute atomic E-state index is 10.2. The van der Waals surface area contributed by atoms with Gasteiger partial charge in [-0.15, -0.1) is 0 Å². The molecule has 0 spiro atoms. The van der Waals surface area contributed by atoms with Crippen molar-refractivity contribution in [3.05, 3.63) is 34.9 Å². The molecule has 16 heavy (non-hydrogen) atoms. The molecular weight excluding hydrogens is 198 g/mol. The highest BCUT2D eigenvalue weighted by Gasteiger charge is 2.18. The zero-order valence-electron chi connectivity index (χ0n) is 9.95. The maximum Gasteiger partial charge on any atom is 0.0816 e. The van der Waals surface area contributed by atoms with Crippen LogP contribution in [0.3, 0.4) is 0 Å². The minimum absolute atomic E-state index is 0.240. The van der Waals surface area contributed by atoms with E-state index in [1.807, 2.05) is 0 Å². The van der Waals surface area contributed by atoms with Gasteiger partial charge < -0.3 is 10.8 Å². The topological polar surface area (TPSA) is 46.2 Å². The van der Waals surface area contributed by atoms with E-state index < -0.39 is 0 Å². The molecule has 1 aliphatic rings. The summed E-state index contributed by atoms with van der Waals surface area (Å²) in [5, 5.41) is 10.2. The third kappa shape index (κ3) is 2.28. The summed E-state index contributed by atoms with van der Waals surface area (Å²) in [5.74, 6) is 0.240. The number of hydrogen-bond acceptors (Lipinski definition) is 2. The molecule has 0 amide bonds. The van der Waals surface area contributed by atoms with E-state index in [9.17, 15) is 5.11 Å². The summed E-state index contributed by atoms with van der Waals surface area (Å²) in [6.07, 6.45) is 4.13. The number of benzene rings is 1. The second-order valence-electron chi connectivity index (χ2n) is 4.88. The molecule has 2 unspecified atom stereocenters. The van der Waals surface area contributed by atoms with Gasteiger partial charge >= 0.3 is 0 Å². The first-order chi connectivity index (χ1) is 7.72. The molecule has 1 aromatic rings. The number of nitrogens with two attached hydrogens (primary N) is 1. The van der Waals surface area contributed by atoms with Gasteiger partial charge in [0, 0.05) is 0 Å². The van der Waals surface area contributed by atoms with Crippen molar-refractivity contribution in [3.63, 3.8) is 0 Å². The summed E-state index contributed by atoms with van der Waals surface area (Å²) in [6, 6.07) is 6.43. The molecule has 0 saturated heterocycles. The van der Waals surface area contributed by atoms with E-state index in [0.29, 0.717) is 6.54 Å². The minimum atomic E-state index is -0.366. The van der Waals surface area contributed by atoms with Crippen molar-refractivity contribution in [2.24, 2.45) is 11.7 Å². The molecule has 0 fully saturated rings. The van der Waals surface area contributed by atoms with E-state index in [2.05, 4.69) is 25.1 Å². The van der Waals surface area contributed by atoms with E-state index in [1.165, 1.54) is 30.4 Å². The lowest BCUT2D eigenvalue weighted by atomic mass is 9.93. The van der Waals surface area contributed by atoms with Crippen LogP contribution >= 0.6 is 0 Å². The van der Waals surface area contributed by atoms with Crippen LogP contribution in [0.25, 0.3) is 0 Å². The fourth-order valence-corrected chi connectivity index (χ4v) is 2.53. The fraction of sp³-hybridized carbons (Fsp3) is 0.571. The Bertz CT molecular complexity index is 362. The lowest BCUT2D eigenvalue weighted by Gasteiger charge is -2.19. The summed E-state index contributed by atoms with van der Waals surface area (Å²) in [7, 11) is 0. The van der Waals surface area contributed by atoms with Gasteiger partial charge in [0.2, 0.25) is 0 Å². The zero-order valence-corrected chi connectivity index (χ0v) is 9.95. The molecule has 2 nitrogen and oxygen atoms in total. The Morgan fingerprint density at radius 3 is 2.81 bits per heavy atom. The van der Waals surface area contributed by atoms with Crippen molar-refractivity contribution in [3.8, 4) is 0 Å². The Morgan fingerprint density at radius 1 is 1.31 bits per heavy atom. The Morgan fingerprint density at radius 2 is 2.06 bits per heavy atom. The number of aryl methyl sites for hydroxylation is 2. The van der Waals surface area contributed by atoms with Crippen LogP contribution in [-0.4, -0.2) is 11.7 Å². The highest BCUT2D eigenvalue weighted by atomic mass is 16.3. The molecule has 1 aromatic carbocycles. The van der Waals surface area contributed by atoms with Gasteiger partial charge in [0.15, 0.2) is 0 Å². The van der Waals surface area contributed by atoms with Crippen LogP contribution in [0.4, 0.5) is 0 Å². The lowest BCUT2D eigenvalue weighted by molar-refractivity contribution is 0.114. The average molecular weight is 219 g/mol. The minimum Gasteiger partial charge on any atom is -0.388 e. The zero-order chi connectivity index (χ0) is 11.5. The van der Waals surface area contributed by atoms with Crippen molar-refractivity contribution >= 4 is 0 Å². The van der Waals surface area contributed by atoms with Crippen molar-refractivity contribution in [1.29, 1.82) is 0 Å². The van der Waals surface area contributed by atoms with E-state index in [1.54, 1.807) is 0 Å². The fourth-order valence-electron chi connectivity index (χ4n) is 2.53. The number of rotatable bonds is 4. The van der Waals surface area contributed by atoms with Crippen molar-refractivity contribution in [2.45, 2.75) is 38.7 Å². The first-order valence-corrected chi connectivity index (χ1v) is 6.22. The molecule has 2 atom stereocenters. The average Bonchev–Trinajstić information content (AvgIpc) is 2.75. The van der Waals surface area contributed by atoms with Gasteiger partial charge in [-0.3, -0.25) is 0 Å². The molecule has 2 rings (SSSR count). The second-order valence-corrected chi connectivity index (χ2v) is 4.88. The van der Waals surface area contributed by atoms with Crippen LogP contribution in [0.1, 0.15) is 42.6 Å². The molecule has 0 saturated carbocycles. The Labute approximate surface area is 97.5 Å². The monoisotopic (exact) mass is 219 g/mol. The predicted molar refractivity (Wildman–Crippen MR) is 66.3 cm³/mol. The van der Waals surface area contributed by atoms with Crippen LogP contribution in [0.15, 0.2) is 18.2 Å². The predicted octanol–water partition coefficient (Wildman–Crippen LogP) is 2.19. The van der Waals surface area contributed by atoms with Crippen LogP contribution < -0.4 is 5.73 Å². The van der Waals surface area contributed by atoms with Gasteiger partial charge in [-0.05, 0) is 54.8 Å². The van der Waals surface area contributed by atoms with Gasteiger partial charge in [0.05, 0.1) is 6.10 Å². The van der Waals surface area contributed by atoms with Crippen LogP contribution in [0.2, 0.25) is 0 Å². The number of aliphatic hydroxyl groups excluding tert-OH is 1. The third-order valence-corrected chi connectivity index (χ3v) is 3.63. The van der Waals surface area contributed by atoms with Gasteiger partial charge in [-0.25, -0.2) is 0 Å². The van der Waals surface area contributed by atoms with Crippen molar-refractivity contribution in [2.75, 3.05) is 6.54 Å². The molecule has 0 aliphatic heterocycles. The molecule has 0 radical (unpaired) electrons. The summed E-state index contributed by atoms with van der Waals surface area (Å²) in [5.41, 5.74) is 9.47. The van der Waals surface area contributed by atoms with E-state index in [4.69, 9.17) is 5.73 Å². The van der Waals surface area contributed by atoms with E-state index in [0.717, 1.165) is 12.0 Å². The SMILES string of the molecule is CC(CCN)C(O)c1ccc2c(c1)CCC2. The van der Waals surface area contributed by atoms with Crippen LogP contribution in [-0.2, 0) is 12.8 Å². The van der Waals surface area contributed by atoms with Gasteiger partial charge in [-0.2, -0.15) is 0 Å². The molecular formula is C14H21NO. The quantitative estimate of drug-likeness (QED) is 0.815. The van der Waals surface area contributed by atoms with Crippen LogP contribution in [0, 0.1) is 5.92 Å². The summed E-state index contributed by atoms with van der Waals surface area (Å²) >= 11 is 0. The number of aliphatic hydroxyl groups is 1. The standard InChI is InChI=1S/C14H21NO/c1-10(7-8-15)14(16)13-6-5-11-3-2-4-12(11)9-13/h5-6,9-10,14,16H,2-4,7-8,15H2,1H3. The molecule has 2 heteroatoms. The molecule has 88 valence electrons. The Balaban J connectivity index is 2.14. The highest BCUT2D eigenvalue weighted by Crippen LogP contribution is 2.29. The summed E-state index contributed by atoms with van der Waals surface area (Å²) in [6.45, 7) is 2.70. The Kier molecular flexibility index (Phi) is 3.62. The summed E-state index contributed by atoms with van der Waals surface area (Å²) in [4.78, 5) is 0. The van der Waals surface area contributed by atoms with Gasteiger partial charge in [-0.1, -0.05) is 25.1 Å². The summed E-state index contributed by atoms with van der Waals surface area (Å²) < 4.78 is 0. The van der Waals surface area contributed by atoms with Crippen LogP contribution in [0.5, 0.6) is 0 Å². The normalized spacial score (nSPS) is 18.2. The van der Waals surface area contributed by atoms with E-state index >= 15 is 0 Å². The van der Waals surface area contributed by atoms with E-state index in [-0.39, 0.29) is 12.0 Å². The number of fused-ring (bicyclic) bond motifs is 1. The molecule has 0 heterocycles. The van der Waals surface area contributed by atoms with Crippen molar-refractivity contribution in [1.82, 2.24) is 0 Å². The maximum atomic E-state index is 10.2. The second kappa shape index (κ2) is 4.98. The first kappa shape index (κ1) is 11.6. The largest absolute Gasteiger partial charge is 0.388 e. The molecule has 1 aliphatic carbocycles. The lowest BCUT2D eigenvalue weighted by Crippen LogP contribution is -2.14. The van der Waals surface area contributed by atoms with Crippen molar-refractivity contribution < 1.29 is 5.11 Å². The Hall–Kier alpha value is -0.860. The highest BCUT2D eigenvalue weighted by molar-refractivity contribution is 5.36. The first-order valence-electron chi connectivity index (χ1n) is 6.22. The molecule has 0 bridgehead atoms. The smallest absolute Gasteiger partial charge is 0.0816 e. The third-order valence-electron chi connectivity index (χ3n) is 3.63. The molecule has 0 aromatic heterocycles. The number of hydrogen-bond donors (Lipinski definition) is 2. The van der Waals surface area contributed by atoms with Gasteiger partial charge in [0.1, 0.15) is 0 Å². The van der Waals surface area contributed by atoms with Gasteiger partial charge in [0.25, 0.3) is 0 Å². The molecule has 3 N–H and O–H groups in total.